The third-order valence-corrected chi connectivity index (χ3v) is 7.00. The Bertz CT molecular complexity index is 1440. The molecule has 0 saturated carbocycles. The molecule has 10 heteroatoms. The Hall–Kier alpha value is -3.82. The van der Waals surface area contributed by atoms with E-state index in [1.54, 1.807) is 36.3 Å². The summed E-state index contributed by atoms with van der Waals surface area (Å²) < 4.78 is 7.14. The van der Waals surface area contributed by atoms with E-state index in [9.17, 15) is 4.79 Å². The van der Waals surface area contributed by atoms with Gasteiger partial charge < -0.3 is 15.4 Å². The Balaban J connectivity index is 1.48. The van der Waals surface area contributed by atoms with Gasteiger partial charge >= 0.3 is 0 Å². The summed E-state index contributed by atoms with van der Waals surface area (Å²) in [5.41, 5.74) is 3.58. The fourth-order valence-corrected chi connectivity index (χ4v) is 5.14. The highest BCUT2D eigenvalue weighted by molar-refractivity contribution is 7.98. The number of rotatable bonds is 7. The maximum atomic E-state index is 13.6. The monoisotopic (exact) mass is 518 g/mol. The summed E-state index contributed by atoms with van der Waals surface area (Å²) in [7, 11) is 1.57. The lowest BCUT2D eigenvalue weighted by Crippen LogP contribution is -2.31. The molecule has 8 nitrogen and oxygen atoms in total. The zero-order chi connectivity index (χ0) is 25.1. The van der Waals surface area contributed by atoms with Crippen LogP contribution in [0.15, 0.2) is 89.5 Å². The van der Waals surface area contributed by atoms with E-state index < -0.39 is 6.04 Å². The minimum Gasteiger partial charge on any atom is -0.495 e. The summed E-state index contributed by atoms with van der Waals surface area (Å²) in [4.78, 5) is 22.6. The number of ether oxygens (including phenoxy) is 1. The highest BCUT2D eigenvalue weighted by atomic mass is 35.5. The fourth-order valence-electron chi connectivity index (χ4n) is 4.03. The van der Waals surface area contributed by atoms with Crippen molar-refractivity contribution in [3.63, 3.8) is 0 Å². The number of para-hydroxylation sites is 2. The summed E-state index contributed by atoms with van der Waals surface area (Å²) in [6.07, 6.45) is 3.44. The van der Waals surface area contributed by atoms with Gasteiger partial charge in [-0.25, -0.2) is 4.68 Å². The number of carbonyl (C=O) groups excluding carboxylic acids is 1. The van der Waals surface area contributed by atoms with Gasteiger partial charge in [-0.05, 0) is 42.3 Å². The second kappa shape index (κ2) is 10.4. The van der Waals surface area contributed by atoms with Gasteiger partial charge in [0, 0.05) is 28.9 Å². The summed E-state index contributed by atoms with van der Waals surface area (Å²) in [5.74, 6) is 1.47. The van der Waals surface area contributed by atoms with Crippen molar-refractivity contribution in [3.8, 4) is 5.75 Å². The Morgan fingerprint density at radius 3 is 2.75 bits per heavy atom. The average Bonchev–Trinajstić information content (AvgIpc) is 3.30. The van der Waals surface area contributed by atoms with Crippen molar-refractivity contribution >= 4 is 40.9 Å². The van der Waals surface area contributed by atoms with Crippen molar-refractivity contribution in [2.24, 2.45) is 0 Å². The minimum absolute atomic E-state index is 0.273. The highest BCUT2D eigenvalue weighted by Crippen LogP contribution is 2.37. The first-order valence-electron chi connectivity index (χ1n) is 11.2. The number of hydrogen-bond donors (Lipinski definition) is 2. The van der Waals surface area contributed by atoms with Gasteiger partial charge in [-0.3, -0.25) is 9.78 Å². The molecule has 0 radical (unpaired) electrons. The number of carbonyl (C=O) groups is 1. The molecule has 36 heavy (non-hydrogen) atoms. The number of hydrogen-bond acceptors (Lipinski definition) is 7. The first-order chi connectivity index (χ1) is 17.5. The standard InChI is InChI=1S/C26H23ClN6O2S/c1-16-22(24(34)30-20-11-5-6-12-21(20)35-2)23(17-9-7-13-28-14-17)33-25(29-16)31-26(32-33)36-15-18-8-3-4-10-19(18)27/h3-14,23H,15H2,1-2H3,(H,30,34)(H,29,31,32). The molecular weight excluding hydrogens is 496 g/mol. The van der Waals surface area contributed by atoms with Crippen LogP contribution in [0.25, 0.3) is 0 Å². The third kappa shape index (κ3) is 4.80. The summed E-state index contributed by atoms with van der Waals surface area (Å²) in [6, 6.07) is 18.2. The fraction of sp³-hybridized carbons (Fsp3) is 0.154. The summed E-state index contributed by atoms with van der Waals surface area (Å²) >= 11 is 7.80. The predicted molar refractivity (Wildman–Crippen MR) is 141 cm³/mol. The van der Waals surface area contributed by atoms with Crippen molar-refractivity contribution in [2.45, 2.75) is 23.9 Å². The number of nitrogens with one attached hydrogen (secondary N) is 2. The number of pyridine rings is 1. The molecule has 1 aliphatic heterocycles. The Labute approximate surface area is 217 Å². The van der Waals surface area contributed by atoms with Crippen LogP contribution in [0.5, 0.6) is 5.75 Å². The van der Waals surface area contributed by atoms with Gasteiger partial charge in [0.15, 0.2) is 0 Å². The largest absolute Gasteiger partial charge is 0.495 e. The lowest BCUT2D eigenvalue weighted by Gasteiger charge is -2.28. The second-order valence-electron chi connectivity index (χ2n) is 8.05. The van der Waals surface area contributed by atoms with E-state index in [0.717, 1.165) is 11.1 Å². The maximum absolute atomic E-state index is 13.6. The van der Waals surface area contributed by atoms with Crippen molar-refractivity contribution in [3.05, 3.63) is 100 Å². The van der Waals surface area contributed by atoms with E-state index in [2.05, 4.69) is 20.6 Å². The normalized spacial score (nSPS) is 14.7. The smallest absolute Gasteiger partial charge is 0.255 e. The zero-order valence-corrected chi connectivity index (χ0v) is 21.2. The summed E-state index contributed by atoms with van der Waals surface area (Å²) in [5, 5.41) is 12.3. The van der Waals surface area contributed by atoms with Crippen LogP contribution in [0.1, 0.15) is 24.1 Å². The number of methoxy groups -OCH3 is 1. The number of allylic oxidation sites excluding steroid dienone is 1. The van der Waals surface area contributed by atoms with Gasteiger partial charge in [0.05, 0.1) is 18.4 Å². The lowest BCUT2D eigenvalue weighted by atomic mass is 9.96. The maximum Gasteiger partial charge on any atom is 0.255 e. The van der Waals surface area contributed by atoms with E-state index in [0.29, 0.717) is 44.6 Å². The molecule has 182 valence electrons. The molecule has 1 amide bonds. The molecule has 0 spiro atoms. The first-order valence-corrected chi connectivity index (χ1v) is 12.6. The topological polar surface area (TPSA) is 94.0 Å². The van der Waals surface area contributed by atoms with Crippen LogP contribution in [0.3, 0.4) is 0 Å². The zero-order valence-electron chi connectivity index (χ0n) is 19.6. The number of thioether (sulfide) groups is 1. The second-order valence-corrected chi connectivity index (χ2v) is 9.40. The van der Waals surface area contributed by atoms with Crippen molar-refractivity contribution in [1.82, 2.24) is 19.7 Å². The number of nitrogens with zero attached hydrogens (tertiary/aromatic N) is 4. The van der Waals surface area contributed by atoms with Crippen LogP contribution in [0.4, 0.5) is 11.6 Å². The van der Waals surface area contributed by atoms with Crippen LogP contribution < -0.4 is 15.4 Å². The van der Waals surface area contributed by atoms with E-state index in [4.69, 9.17) is 21.4 Å². The number of benzene rings is 2. The van der Waals surface area contributed by atoms with E-state index in [1.807, 2.05) is 55.5 Å². The molecule has 0 aliphatic carbocycles. The average molecular weight is 519 g/mol. The molecule has 4 aromatic rings. The molecule has 2 aromatic heterocycles. The third-order valence-electron chi connectivity index (χ3n) is 5.75. The predicted octanol–water partition coefficient (Wildman–Crippen LogP) is 5.56. The Kier molecular flexibility index (Phi) is 6.92. The van der Waals surface area contributed by atoms with Crippen molar-refractivity contribution in [2.75, 3.05) is 17.7 Å². The molecule has 5 rings (SSSR count). The highest BCUT2D eigenvalue weighted by Gasteiger charge is 2.34. The van der Waals surface area contributed by atoms with Gasteiger partial charge in [-0.2, -0.15) is 4.98 Å². The van der Waals surface area contributed by atoms with Crippen molar-refractivity contribution in [1.29, 1.82) is 0 Å². The first kappa shape index (κ1) is 23.9. The van der Waals surface area contributed by atoms with Crippen LogP contribution >= 0.6 is 23.4 Å². The van der Waals surface area contributed by atoms with Gasteiger partial charge in [0.1, 0.15) is 11.8 Å². The molecule has 0 fully saturated rings. The Morgan fingerprint density at radius 1 is 1.17 bits per heavy atom. The number of halogens is 1. The molecule has 2 N–H and O–H groups in total. The van der Waals surface area contributed by atoms with Crippen molar-refractivity contribution < 1.29 is 9.53 Å². The molecule has 0 saturated heterocycles. The van der Waals surface area contributed by atoms with Crippen LogP contribution in [-0.2, 0) is 10.5 Å². The summed E-state index contributed by atoms with van der Waals surface area (Å²) in [6.45, 7) is 1.86. The van der Waals surface area contributed by atoms with Gasteiger partial charge in [-0.15, -0.1) is 5.10 Å². The van der Waals surface area contributed by atoms with E-state index in [-0.39, 0.29) is 5.91 Å². The van der Waals surface area contributed by atoms with E-state index in [1.165, 1.54) is 11.8 Å². The number of aromatic nitrogens is 4. The number of fused-ring (bicyclic) bond motifs is 1. The van der Waals surface area contributed by atoms with Crippen LogP contribution in [0.2, 0.25) is 5.02 Å². The van der Waals surface area contributed by atoms with Gasteiger partial charge in [0.25, 0.3) is 5.91 Å². The number of anilines is 2. The molecule has 2 aromatic carbocycles. The minimum atomic E-state index is -0.521. The number of amides is 1. The SMILES string of the molecule is COc1ccccc1NC(=O)C1=C(C)Nc2nc(SCc3ccccc3Cl)nn2C1c1cccnc1. The molecular formula is C26H23ClN6O2S. The molecule has 1 unspecified atom stereocenters. The lowest BCUT2D eigenvalue weighted by molar-refractivity contribution is -0.113. The van der Waals surface area contributed by atoms with E-state index >= 15 is 0 Å². The molecule has 0 bridgehead atoms. The van der Waals surface area contributed by atoms with Gasteiger partial charge in [0.2, 0.25) is 11.1 Å². The van der Waals surface area contributed by atoms with Crippen LogP contribution in [0, 0.1) is 0 Å². The molecule has 1 aliphatic rings. The Morgan fingerprint density at radius 2 is 1.97 bits per heavy atom. The molecule has 3 heterocycles. The quantitative estimate of drug-likeness (QED) is 0.309. The van der Waals surface area contributed by atoms with Gasteiger partial charge in [-0.1, -0.05) is 59.8 Å². The van der Waals surface area contributed by atoms with Crippen LogP contribution in [-0.4, -0.2) is 32.8 Å². The molecule has 1 atom stereocenters.